The number of nitrogens with two attached hydrogens (primary N) is 1. The molecule has 0 rings (SSSR count). The van der Waals surface area contributed by atoms with Crippen LogP contribution in [0, 0.1) is 0 Å². The van der Waals surface area contributed by atoms with E-state index >= 15 is 0 Å². The van der Waals surface area contributed by atoms with Gasteiger partial charge in [0.1, 0.15) is 11.3 Å². The van der Waals surface area contributed by atoms with Crippen LogP contribution in [0.1, 0.15) is 52.4 Å². The Bertz CT molecular complexity index is 286. The fourth-order valence-corrected chi connectivity index (χ4v) is 2.85. The highest BCUT2D eigenvalue weighted by atomic mass is 32.2. The number of carbonyl (C=O) groups excluding carboxylic acids is 1. The van der Waals surface area contributed by atoms with Gasteiger partial charge in [-0.25, -0.2) is 0 Å². The van der Waals surface area contributed by atoms with Crippen LogP contribution in [0.15, 0.2) is 0 Å². The molecule has 0 unspecified atom stereocenters. The van der Waals surface area contributed by atoms with Gasteiger partial charge in [0.05, 0.1) is 6.61 Å². The van der Waals surface area contributed by atoms with Crippen LogP contribution in [0.3, 0.4) is 0 Å². The van der Waals surface area contributed by atoms with Gasteiger partial charge in [0.25, 0.3) is 0 Å². The molecule has 0 aliphatic carbocycles. The predicted molar refractivity (Wildman–Crippen MR) is 81.9 cm³/mol. The van der Waals surface area contributed by atoms with E-state index in [2.05, 4.69) is 6.92 Å². The first-order valence-electron chi connectivity index (χ1n) is 7.29. The third-order valence-electron chi connectivity index (χ3n) is 2.91. The van der Waals surface area contributed by atoms with Crippen LogP contribution < -0.4 is 5.73 Å². The fourth-order valence-electron chi connectivity index (χ4n) is 1.73. The lowest BCUT2D eigenvalue weighted by atomic mass is 10.1. The van der Waals surface area contributed by atoms with Crippen LogP contribution >= 0.6 is 11.8 Å². The lowest BCUT2D eigenvalue weighted by Gasteiger charge is -2.16. The minimum atomic E-state index is -1.04. The predicted octanol–water partition coefficient (Wildman–Crippen LogP) is 2.42. The molecule has 0 aliphatic heterocycles. The summed E-state index contributed by atoms with van der Waals surface area (Å²) in [6.45, 7) is 4.27. The number of aliphatic carboxylic acids is 1. The number of unbranched alkanes of at least 4 members (excludes halogenated alkanes) is 4. The highest BCUT2D eigenvalue weighted by molar-refractivity contribution is 8.00. The molecule has 0 aromatic carbocycles. The Labute approximate surface area is 125 Å². The number of carboxylic acids is 1. The summed E-state index contributed by atoms with van der Waals surface area (Å²) in [6, 6.07) is -0.933. The van der Waals surface area contributed by atoms with Gasteiger partial charge >= 0.3 is 11.9 Å². The largest absolute Gasteiger partial charge is 0.480 e. The topological polar surface area (TPSA) is 89.6 Å². The van der Waals surface area contributed by atoms with Gasteiger partial charge in [-0.2, -0.15) is 0 Å². The zero-order chi connectivity index (χ0) is 15.4. The SMILES string of the molecule is CCCCCCC[C@@H](SC[C@H](N)C(=O)O)C(=O)OCC. The molecule has 0 aromatic heterocycles. The Hall–Kier alpha value is -0.750. The summed E-state index contributed by atoms with van der Waals surface area (Å²) in [7, 11) is 0. The van der Waals surface area contributed by atoms with Crippen molar-refractivity contribution in [2.45, 2.75) is 63.7 Å². The summed E-state index contributed by atoms with van der Waals surface area (Å²) in [5, 5.41) is 8.45. The number of rotatable bonds is 12. The van der Waals surface area contributed by atoms with Crippen LogP contribution in [0.25, 0.3) is 0 Å². The molecule has 20 heavy (non-hydrogen) atoms. The molecule has 0 aromatic rings. The first-order chi connectivity index (χ1) is 9.52. The normalized spacial score (nSPS) is 13.8. The molecular formula is C14H27NO4S. The zero-order valence-electron chi connectivity index (χ0n) is 12.5. The second-order valence-corrected chi connectivity index (χ2v) is 5.96. The number of carboxylic acid groups (broad SMARTS) is 1. The number of thioether (sulfide) groups is 1. The van der Waals surface area contributed by atoms with Crippen molar-refractivity contribution in [3.05, 3.63) is 0 Å². The second kappa shape index (κ2) is 12.0. The van der Waals surface area contributed by atoms with E-state index in [1.165, 1.54) is 31.0 Å². The van der Waals surface area contributed by atoms with Crippen LogP contribution in [0.2, 0.25) is 0 Å². The quantitative estimate of drug-likeness (QED) is 0.425. The second-order valence-electron chi connectivity index (χ2n) is 4.72. The average molecular weight is 305 g/mol. The van der Waals surface area contributed by atoms with Gasteiger partial charge in [-0.1, -0.05) is 39.0 Å². The van der Waals surface area contributed by atoms with Crippen LogP contribution in [-0.4, -0.2) is 40.7 Å². The molecule has 2 atom stereocenters. The molecular weight excluding hydrogens is 278 g/mol. The summed E-state index contributed by atoms with van der Waals surface area (Å²) >= 11 is 1.29. The third kappa shape index (κ3) is 9.20. The highest BCUT2D eigenvalue weighted by Gasteiger charge is 2.22. The van der Waals surface area contributed by atoms with Gasteiger partial charge < -0.3 is 15.6 Å². The molecule has 0 saturated heterocycles. The molecule has 0 bridgehead atoms. The summed E-state index contributed by atoms with van der Waals surface area (Å²) in [5.74, 6) is -1.07. The summed E-state index contributed by atoms with van der Waals surface area (Å²) in [5.41, 5.74) is 5.46. The van der Waals surface area contributed by atoms with Crippen molar-refractivity contribution in [1.82, 2.24) is 0 Å². The molecule has 0 aliphatic rings. The monoisotopic (exact) mass is 305 g/mol. The van der Waals surface area contributed by atoms with Crippen molar-refractivity contribution in [1.29, 1.82) is 0 Å². The van der Waals surface area contributed by atoms with Gasteiger partial charge in [-0.3, -0.25) is 9.59 Å². The fraction of sp³-hybridized carbons (Fsp3) is 0.857. The average Bonchev–Trinajstić information content (AvgIpc) is 2.41. The Morgan fingerprint density at radius 3 is 2.40 bits per heavy atom. The van der Waals surface area contributed by atoms with Crippen LogP contribution in [-0.2, 0) is 14.3 Å². The van der Waals surface area contributed by atoms with Gasteiger partial charge in [0.2, 0.25) is 0 Å². The first-order valence-corrected chi connectivity index (χ1v) is 8.34. The molecule has 6 heteroatoms. The summed E-state index contributed by atoms with van der Waals surface area (Å²) < 4.78 is 5.03. The molecule has 118 valence electrons. The maximum atomic E-state index is 11.8. The lowest BCUT2D eigenvalue weighted by Crippen LogP contribution is -2.34. The molecule has 3 N–H and O–H groups in total. The lowest BCUT2D eigenvalue weighted by molar-refractivity contribution is -0.142. The number of hydrogen-bond acceptors (Lipinski definition) is 5. The van der Waals surface area contributed by atoms with E-state index in [1.807, 2.05) is 0 Å². The zero-order valence-corrected chi connectivity index (χ0v) is 13.3. The Kier molecular flexibility index (Phi) is 11.6. The van der Waals surface area contributed by atoms with Crippen molar-refractivity contribution in [2.24, 2.45) is 5.73 Å². The number of hydrogen-bond donors (Lipinski definition) is 2. The minimum absolute atomic E-state index is 0.230. The van der Waals surface area contributed by atoms with E-state index in [-0.39, 0.29) is 17.0 Å². The van der Waals surface area contributed by atoms with Crippen molar-refractivity contribution in [3.8, 4) is 0 Å². The van der Waals surface area contributed by atoms with E-state index in [1.54, 1.807) is 6.92 Å². The first kappa shape index (κ1) is 19.2. The van der Waals surface area contributed by atoms with Gasteiger partial charge in [0, 0.05) is 5.75 Å². The van der Waals surface area contributed by atoms with Crippen molar-refractivity contribution in [3.63, 3.8) is 0 Å². The molecule has 0 heterocycles. The maximum absolute atomic E-state index is 11.8. The van der Waals surface area contributed by atoms with E-state index in [9.17, 15) is 9.59 Å². The summed E-state index contributed by atoms with van der Waals surface area (Å²) in [4.78, 5) is 22.5. The van der Waals surface area contributed by atoms with Crippen LogP contribution in [0.4, 0.5) is 0 Å². The van der Waals surface area contributed by atoms with E-state index < -0.39 is 12.0 Å². The van der Waals surface area contributed by atoms with Gasteiger partial charge in [0.15, 0.2) is 0 Å². The van der Waals surface area contributed by atoms with Crippen LogP contribution in [0.5, 0.6) is 0 Å². The van der Waals surface area contributed by atoms with Crippen molar-refractivity contribution in [2.75, 3.05) is 12.4 Å². The smallest absolute Gasteiger partial charge is 0.321 e. The maximum Gasteiger partial charge on any atom is 0.321 e. The molecule has 5 nitrogen and oxygen atoms in total. The number of esters is 1. The molecule has 0 fully saturated rings. The standard InChI is InChI=1S/C14H27NO4S/c1-3-5-6-7-8-9-12(14(18)19-4-2)20-10-11(15)13(16)17/h11-12H,3-10,15H2,1-2H3,(H,16,17)/t11-,12+/m0/s1. The number of ether oxygens (including phenoxy) is 1. The molecule has 0 radical (unpaired) electrons. The Morgan fingerprint density at radius 1 is 1.20 bits per heavy atom. The molecule has 0 amide bonds. The number of carbonyl (C=O) groups is 2. The van der Waals surface area contributed by atoms with Gasteiger partial charge in [-0.15, -0.1) is 11.8 Å². The molecule has 0 spiro atoms. The Morgan fingerprint density at radius 2 is 1.85 bits per heavy atom. The Balaban J connectivity index is 4.13. The van der Waals surface area contributed by atoms with Crippen molar-refractivity contribution < 1.29 is 19.4 Å². The minimum Gasteiger partial charge on any atom is -0.480 e. The highest BCUT2D eigenvalue weighted by Crippen LogP contribution is 2.21. The molecule has 0 saturated carbocycles. The van der Waals surface area contributed by atoms with E-state index in [0.717, 1.165) is 19.3 Å². The van der Waals surface area contributed by atoms with Gasteiger partial charge in [-0.05, 0) is 13.3 Å². The van der Waals surface area contributed by atoms with E-state index in [0.29, 0.717) is 6.61 Å². The van der Waals surface area contributed by atoms with Crippen molar-refractivity contribution >= 4 is 23.7 Å². The van der Waals surface area contributed by atoms with E-state index in [4.69, 9.17) is 15.6 Å². The third-order valence-corrected chi connectivity index (χ3v) is 4.30. The summed E-state index contributed by atoms with van der Waals surface area (Å²) in [6.07, 6.45) is 6.34.